The van der Waals surface area contributed by atoms with E-state index in [1.807, 2.05) is 6.92 Å². The molecular weight excluding hydrogens is 102 g/mol. The van der Waals surface area contributed by atoms with E-state index >= 15 is 0 Å². The second kappa shape index (κ2) is 2.46. The Bertz CT molecular complexity index is 68.9. The molecule has 1 saturated heterocycles. The van der Waals surface area contributed by atoms with Gasteiger partial charge in [-0.15, -0.1) is 0 Å². The molecule has 0 aromatic carbocycles. The van der Waals surface area contributed by atoms with Gasteiger partial charge in [0.15, 0.2) is 0 Å². The van der Waals surface area contributed by atoms with Crippen LogP contribution in [0.5, 0.6) is 0 Å². The second-order valence-electron chi connectivity index (χ2n) is 2.36. The number of rotatable bonds is 2. The minimum Gasteiger partial charge on any atom is -0.392 e. The van der Waals surface area contributed by atoms with Crippen molar-refractivity contribution in [1.29, 1.82) is 0 Å². The van der Waals surface area contributed by atoms with E-state index in [1.165, 1.54) is 0 Å². The molecule has 2 nitrogen and oxygen atoms in total. The molecule has 1 heterocycles. The Labute approximate surface area is 50.1 Å². The van der Waals surface area contributed by atoms with Gasteiger partial charge in [0.25, 0.3) is 0 Å². The lowest BCUT2D eigenvalue weighted by atomic mass is 10.2. The Hall–Kier alpha value is -0.0800. The van der Waals surface area contributed by atoms with Crippen molar-refractivity contribution in [2.24, 2.45) is 0 Å². The van der Waals surface area contributed by atoms with Gasteiger partial charge in [-0.25, -0.2) is 0 Å². The minimum absolute atomic E-state index is 0.163. The summed E-state index contributed by atoms with van der Waals surface area (Å²) in [4.78, 5) is 2.20. The van der Waals surface area contributed by atoms with Gasteiger partial charge >= 0.3 is 0 Å². The van der Waals surface area contributed by atoms with Crippen molar-refractivity contribution >= 4 is 0 Å². The van der Waals surface area contributed by atoms with Gasteiger partial charge in [0, 0.05) is 19.6 Å². The Morgan fingerprint density at radius 2 is 2.38 bits per heavy atom. The highest BCUT2D eigenvalue weighted by molar-refractivity contribution is 4.86. The van der Waals surface area contributed by atoms with Gasteiger partial charge in [0.2, 0.25) is 0 Å². The number of aliphatic hydroxyl groups is 1. The normalized spacial score (nSPS) is 24.8. The quantitative estimate of drug-likeness (QED) is 0.541. The summed E-state index contributed by atoms with van der Waals surface area (Å²) in [6.45, 7) is 4.77. The highest BCUT2D eigenvalue weighted by atomic mass is 16.3. The molecule has 1 aliphatic rings. The smallest absolute Gasteiger partial charge is 0.0639 e. The van der Waals surface area contributed by atoms with Crippen LogP contribution in [0.25, 0.3) is 0 Å². The zero-order valence-corrected chi connectivity index (χ0v) is 5.17. The molecular formula is C6H12NO. The standard InChI is InChI=1S/C6H12NO/c1-6(8)5-7-3-2-4-7/h2,6,8H,3-5H2,1H3. The second-order valence-corrected chi connectivity index (χ2v) is 2.36. The van der Waals surface area contributed by atoms with E-state index in [9.17, 15) is 0 Å². The van der Waals surface area contributed by atoms with Crippen LogP contribution in [0, 0.1) is 6.42 Å². The molecule has 1 unspecified atom stereocenters. The van der Waals surface area contributed by atoms with Crippen LogP contribution in [-0.2, 0) is 0 Å². The van der Waals surface area contributed by atoms with E-state index in [0.29, 0.717) is 0 Å². The van der Waals surface area contributed by atoms with Crippen LogP contribution in [0.4, 0.5) is 0 Å². The van der Waals surface area contributed by atoms with Crippen molar-refractivity contribution in [2.45, 2.75) is 13.0 Å². The molecule has 1 atom stereocenters. The molecule has 1 rings (SSSR count). The first-order valence-electron chi connectivity index (χ1n) is 3.01. The lowest BCUT2D eigenvalue weighted by molar-refractivity contribution is 0.114. The molecule has 0 aliphatic carbocycles. The fraction of sp³-hybridized carbons (Fsp3) is 0.833. The molecule has 0 spiro atoms. The number of nitrogens with zero attached hydrogens (tertiary/aromatic N) is 1. The average Bonchev–Trinajstić information content (AvgIpc) is 1.55. The van der Waals surface area contributed by atoms with Crippen molar-refractivity contribution in [3.63, 3.8) is 0 Å². The van der Waals surface area contributed by atoms with Gasteiger partial charge in [-0.3, -0.25) is 0 Å². The number of likely N-dealkylation sites (tertiary alicyclic amines) is 1. The zero-order chi connectivity index (χ0) is 5.98. The molecule has 0 bridgehead atoms. The van der Waals surface area contributed by atoms with Crippen LogP contribution in [0.2, 0.25) is 0 Å². The largest absolute Gasteiger partial charge is 0.392 e. The lowest BCUT2D eigenvalue weighted by Gasteiger charge is -2.31. The molecule has 1 aliphatic heterocycles. The topological polar surface area (TPSA) is 23.5 Å². The lowest BCUT2D eigenvalue weighted by Crippen LogP contribution is -2.41. The molecule has 2 heteroatoms. The minimum atomic E-state index is -0.163. The molecule has 8 heavy (non-hydrogen) atoms. The maximum atomic E-state index is 8.83. The summed E-state index contributed by atoms with van der Waals surface area (Å²) in [7, 11) is 0. The van der Waals surface area contributed by atoms with Crippen molar-refractivity contribution in [3.8, 4) is 0 Å². The molecule has 0 aromatic heterocycles. The Kier molecular flexibility index (Phi) is 1.86. The maximum absolute atomic E-state index is 8.83. The van der Waals surface area contributed by atoms with E-state index in [1.54, 1.807) is 0 Å². The number of hydrogen-bond donors (Lipinski definition) is 1. The van der Waals surface area contributed by atoms with Crippen LogP contribution in [0.15, 0.2) is 0 Å². The molecule has 0 saturated carbocycles. The fourth-order valence-electron chi connectivity index (χ4n) is 0.834. The maximum Gasteiger partial charge on any atom is 0.0639 e. The van der Waals surface area contributed by atoms with Gasteiger partial charge in [-0.05, 0) is 13.3 Å². The van der Waals surface area contributed by atoms with Crippen molar-refractivity contribution in [2.75, 3.05) is 19.6 Å². The monoisotopic (exact) mass is 114 g/mol. The third-order valence-corrected chi connectivity index (χ3v) is 1.30. The summed E-state index contributed by atoms with van der Waals surface area (Å²) >= 11 is 0. The molecule has 1 fully saturated rings. The zero-order valence-electron chi connectivity index (χ0n) is 5.17. The van der Waals surface area contributed by atoms with Crippen molar-refractivity contribution < 1.29 is 5.11 Å². The summed E-state index contributed by atoms with van der Waals surface area (Å²) in [5, 5.41) is 8.83. The van der Waals surface area contributed by atoms with Crippen LogP contribution >= 0.6 is 0 Å². The summed E-state index contributed by atoms with van der Waals surface area (Å²) in [6.07, 6.45) is 2.03. The van der Waals surface area contributed by atoms with Gasteiger partial charge < -0.3 is 10.0 Å². The SMILES string of the molecule is CC(O)CN1C[CH]C1. The fourth-order valence-corrected chi connectivity index (χ4v) is 0.834. The average molecular weight is 114 g/mol. The van der Waals surface area contributed by atoms with E-state index in [0.717, 1.165) is 19.6 Å². The van der Waals surface area contributed by atoms with Gasteiger partial charge in [-0.2, -0.15) is 0 Å². The summed E-state index contributed by atoms with van der Waals surface area (Å²) in [5.41, 5.74) is 0. The molecule has 0 aromatic rings. The third-order valence-electron chi connectivity index (χ3n) is 1.30. The van der Waals surface area contributed by atoms with E-state index < -0.39 is 0 Å². The molecule has 47 valence electrons. The molecule has 1 radical (unpaired) electrons. The number of hydrogen-bond acceptors (Lipinski definition) is 2. The van der Waals surface area contributed by atoms with E-state index in [-0.39, 0.29) is 6.10 Å². The van der Waals surface area contributed by atoms with Crippen LogP contribution < -0.4 is 0 Å². The van der Waals surface area contributed by atoms with E-state index in [2.05, 4.69) is 11.3 Å². The number of aliphatic hydroxyl groups excluding tert-OH is 1. The van der Waals surface area contributed by atoms with Crippen LogP contribution in [-0.4, -0.2) is 35.7 Å². The van der Waals surface area contributed by atoms with Gasteiger partial charge in [0.05, 0.1) is 6.10 Å². The van der Waals surface area contributed by atoms with E-state index in [4.69, 9.17) is 5.11 Å². The van der Waals surface area contributed by atoms with Crippen molar-refractivity contribution in [3.05, 3.63) is 6.42 Å². The Balaban J connectivity index is 2.01. The highest BCUT2D eigenvalue weighted by Crippen LogP contribution is 2.03. The predicted octanol–water partition coefficient (Wildman–Crippen LogP) is -0.113. The van der Waals surface area contributed by atoms with Crippen molar-refractivity contribution in [1.82, 2.24) is 4.90 Å². The van der Waals surface area contributed by atoms with Gasteiger partial charge in [0.1, 0.15) is 0 Å². The first-order chi connectivity index (χ1) is 3.79. The van der Waals surface area contributed by atoms with Gasteiger partial charge in [-0.1, -0.05) is 0 Å². The summed E-state index contributed by atoms with van der Waals surface area (Å²) in [6, 6.07) is 0. The Morgan fingerprint density at radius 3 is 2.50 bits per heavy atom. The van der Waals surface area contributed by atoms with Crippen LogP contribution in [0.3, 0.4) is 0 Å². The predicted molar refractivity (Wildman–Crippen MR) is 32.4 cm³/mol. The Morgan fingerprint density at radius 1 is 1.75 bits per heavy atom. The first-order valence-corrected chi connectivity index (χ1v) is 3.01. The molecule has 0 amide bonds. The first kappa shape index (κ1) is 6.05. The highest BCUT2D eigenvalue weighted by Gasteiger charge is 2.14. The third kappa shape index (κ3) is 1.46. The summed E-state index contributed by atoms with van der Waals surface area (Å²) in [5.74, 6) is 0. The number of β-amino-alcohol motifs (C(OH)–C–C–N with tert-alkyl or cyclic N) is 1. The van der Waals surface area contributed by atoms with Crippen LogP contribution in [0.1, 0.15) is 6.92 Å². The molecule has 1 N–H and O–H groups in total. The summed E-state index contributed by atoms with van der Waals surface area (Å²) < 4.78 is 0.